The Morgan fingerprint density at radius 2 is 1.95 bits per heavy atom. The fourth-order valence-corrected chi connectivity index (χ4v) is 1.63. The Balaban J connectivity index is 1.63. The van der Waals surface area contributed by atoms with Crippen molar-refractivity contribution < 1.29 is 14.0 Å². The minimum absolute atomic E-state index is 0.600. The summed E-state index contributed by atoms with van der Waals surface area (Å²) in [6.45, 7) is 3.91. The van der Waals surface area contributed by atoms with Crippen LogP contribution in [0.2, 0.25) is 0 Å². The first-order valence-electron chi connectivity index (χ1n) is 6.17. The highest BCUT2D eigenvalue weighted by Crippen LogP contribution is 2.16. The first-order chi connectivity index (χ1) is 9.28. The molecule has 0 unspecified atom stereocenters. The molecule has 0 amide bonds. The van der Waals surface area contributed by atoms with Crippen molar-refractivity contribution in [1.29, 1.82) is 0 Å². The summed E-state index contributed by atoms with van der Waals surface area (Å²) in [5.74, 6) is 2.48. The average Bonchev–Trinajstić information content (AvgIpc) is 2.85. The highest BCUT2D eigenvalue weighted by atomic mass is 16.5. The largest absolute Gasteiger partial charge is 0.497 e. The van der Waals surface area contributed by atoms with E-state index >= 15 is 0 Å². The molecule has 102 valence electrons. The van der Waals surface area contributed by atoms with E-state index in [1.165, 1.54) is 0 Å². The Kier molecular flexibility index (Phi) is 4.80. The van der Waals surface area contributed by atoms with Gasteiger partial charge in [-0.3, -0.25) is 0 Å². The Labute approximate surface area is 112 Å². The van der Waals surface area contributed by atoms with Gasteiger partial charge in [0.2, 0.25) is 0 Å². The minimum Gasteiger partial charge on any atom is -0.497 e. The molecule has 5 heteroatoms. The molecule has 5 nitrogen and oxygen atoms in total. The number of benzene rings is 1. The van der Waals surface area contributed by atoms with Crippen LogP contribution in [0.1, 0.15) is 11.5 Å². The number of hydrogen-bond acceptors (Lipinski definition) is 5. The van der Waals surface area contributed by atoms with Crippen molar-refractivity contribution in [3.8, 4) is 11.5 Å². The Morgan fingerprint density at radius 1 is 1.21 bits per heavy atom. The van der Waals surface area contributed by atoms with Gasteiger partial charge in [0.05, 0.1) is 12.8 Å². The second-order valence-corrected chi connectivity index (χ2v) is 4.13. The molecule has 0 aliphatic carbocycles. The predicted molar refractivity (Wildman–Crippen MR) is 71.4 cm³/mol. The molecule has 0 saturated heterocycles. The van der Waals surface area contributed by atoms with Gasteiger partial charge in [0.15, 0.2) is 0 Å². The molecule has 0 aliphatic rings. The number of rotatable bonds is 7. The zero-order valence-electron chi connectivity index (χ0n) is 11.2. The van der Waals surface area contributed by atoms with Crippen molar-refractivity contribution in [3.05, 3.63) is 41.8 Å². The molecule has 0 atom stereocenters. The van der Waals surface area contributed by atoms with Crippen LogP contribution in [0.4, 0.5) is 0 Å². The first kappa shape index (κ1) is 13.4. The molecule has 0 saturated carbocycles. The number of aromatic nitrogens is 1. The van der Waals surface area contributed by atoms with E-state index in [9.17, 15) is 0 Å². The van der Waals surface area contributed by atoms with E-state index in [0.717, 1.165) is 29.5 Å². The Bertz CT molecular complexity index is 494. The highest BCUT2D eigenvalue weighted by Gasteiger charge is 1.99. The maximum absolute atomic E-state index is 5.59. The van der Waals surface area contributed by atoms with E-state index < -0.39 is 0 Å². The van der Waals surface area contributed by atoms with Crippen LogP contribution in [-0.4, -0.2) is 25.4 Å². The van der Waals surface area contributed by atoms with Crippen molar-refractivity contribution in [1.82, 2.24) is 10.5 Å². The third-order valence-corrected chi connectivity index (χ3v) is 2.59. The fraction of sp³-hybridized carbons (Fsp3) is 0.357. The normalized spacial score (nSPS) is 10.4. The highest BCUT2D eigenvalue weighted by molar-refractivity contribution is 5.31. The van der Waals surface area contributed by atoms with Crippen LogP contribution in [-0.2, 0) is 6.54 Å². The van der Waals surface area contributed by atoms with Gasteiger partial charge in [-0.05, 0) is 31.2 Å². The molecule has 0 radical (unpaired) electrons. The van der Waals surface area contributed by atoms with Crippen LogP contribution >= 0.6 is 0 Å². The van der Waals surface area contributed by atoms with Crippen LogP contribution in [0.3, 0.4) is 0 Å². The zero-order chi connectivity index (χ0) is 13.5. The molecule has 0 aliphatic heterocycles. The molecule has 19 heavy (non-hydrogen) atoms. The lowest BCUT2D eigenvalue weighted by Gasteiger charge is -2.07. The standard InChI is InChI=1S/C14H18N2O3/c1-11-9-12(16-19-11)10-15-7-8-18-14-5-3-13(17-2)4-6-14/h3-6,9,15H,7-8,10H2,1-2H3. The summed E-state index contributed by atoms with van der Waals surface area (Å²) in [4.78, 5) is 0. The van der Waals surface area contributed by atoms with E-state index in [-0.39, 0.29) is 0 Å². The summed E-state index contributed by atoms with van der Waals surface area (Å²) in [5, 5.41) is 7.13. The van der Waals surface area contributed by atoms with E-state index in [1.807, 2.05) is 37.3 Å². The molecule has 1 N–H and O–H groups in total. The van der Waals surface area contributed by atoms with Crippen molar-refractivity contribution in [2.24, 2.45) is 0 Å². The van der Waals surface area contributed by atoms with E-state index in [4.69, 9.17) is 14.0 Å². The maximum atomic E-state index is 5.59. The number of ether oxygens (including phenoxy) is 2. The third kappa shape index (κ3) is 4.30. The molecule has 0 fully saturated rings. The zero-order valence-corrected chi connectivity index (χ0v) is 11.2. The fourth-order valence-electron chi connectivity index (χ4n) is 1.63. The summed E-state index contributed by atoms with van der Waals surface area (Å²) in [6.07, 6.45) is 0. The number of nitrogens with zero attached hydrogens (tertiary/aromatic N) is 1. The van der Waals surface area contributed by atoms with Crippen molar-refractivity contribution in [2.45, 2.75) is 13.5 Å². The van der Waals surface area contributed by atoms with Crippen LogP contribution in [0, 0.1) is 6.92 Å². The summed E-state index contributed by atoms with van der Waals surface area (Å²) >= 11 is 0. The van der Waals surface area contributed by atoms with Crippen LogP contribution in [0.25, 0.3) is 0 Å². The lowest BCUT2D eigenvalue weighted by atomic mass is 10.3. The van der Waals surface area contributed by atoms with Gasteiger partial charge in [-0.2, -0.15) is 0 Å². The van der Waals surface area contributed by atoms with Crippen molar-refractivity contribution in [2.75, 3.05) is 20.3 Å². The van der Waals surface area contributed by atoms with Gasteiger partial charge in [-0.15, -0.1) is 0 Å². The van der Waals surface area contributed by atoms with Crippen LogP contribution in [0.15, 0.2) is 34.9 Å². The van der Waals surface area contributed by atoms with E-state index in [0.29, 0.717) is 13.2 Å². The second kappa shape index (κ2) is 6.80. The Morgan fingerprint density at radius 3 is 2.58 bits per heavy atom. The van der Waals surface area contributed by atoms with Crippen LogP contribution in [0.5, 0.6) is 11.5 Å². The molecule has 2 aromatic rings. The first-order valence-corrected chi connectivity index (χ1v) is 6.17. The van der Waals surface area contributed by atoms with Gasteiger partial charge in [-0.25, -0.2) is 0 Å². The number of methoxy groups -OCH3 is 1. The van der Waals surface area contributed by atoms with Gasteiger partial charge >= 0.3 is 0 Å². The summed E-state index contributed by atoms with van der Waals surface area (Å²) in [5.41, 5.74) is 0.905. The number of hydrogen-bond donors (Lipinski definition) is 1. The topological polar surface area (TPSA) is 56.5 Å². The minimum atomic E-state index is 0.600. The van der Waals surface area contributed by atoms with Crippen molar-refractivity contribution >= 4 is 0 Å². The monoisotopic (exact) mass is 262 g/mol. The van der Waals surface area contributed by atoms with E-state index in [1.54, 1.807) is 7.11 Å². The molecule has 0 bridgehead atoms. The van der Waals surface area contributed by atoms with E-state index in [2.05, 4.69) is 10.5 Å². The van der Waals surface area contributed by atoms with Crippen LogP contribution < -0.4 is 14.8 Å². The predicted octanol–water partition coefficient (Wildman–Crippen LogP) is 2.16. The third-order valence-electron chi connectivity index (χ3n) is 2.59. The van der Waals surface area contributed by atoms with Gasteiger partial charge in [0, 0.05) is 19.2 Å². The maximum Gasteiger partial charge on any atom is 0.133 e. The summed E-state index contributed by atoms with van der Waals surface area (Å²) in [7, 11) is 1.64. The van der Waals surface area contributed by atoms with Gasteiger partial charge < -0.3 is 19.3 Å². The summed E-state index contributed by atoms with van der Waals surface area (Å²) < 4.78 is 15.6. The summed E-state index contributed by atoms with van der Waals surface area (Å²) in [6, 6.07) is 9.44. The SMILES string of the molecule is COc1ccc(OCCNCc2cc(C)on2)cc1. The molecular formula is C14H18N2O3. The number of nitrogens with one attached hydrogen (secondary N) is 1. The Hall–Kier alpha value is -2.01. The molecule has 2 rings (SSSR count). The molecule has 0 spiro atoms. The van der Waals surface area contributed by atoms with Gasteiger partial charge in [-0.1, -0.05) is 5.16 Å². The van der Waals surface area contributed by atoms with Gasteiger partial charge in [0.1, 0.15) is 23.9 Å². The lowest BCUT2D eigenvalue weighted by molar-refractivity contribution is 0.311. The van der Waals surface area contributed by atoms with Crippen molar-refractivity contribution in [3.63, 3.8) is 0 Å². The second-order valence-electron chi connectivity index (χ2n) is 4.13. The smallest absolute Gasteiger partial charge is 0.133 e. The quantitative estimate of drug-likeness (QED) is 0.775. The lowest BCUT2D eigenvalue weighted by Crippen LogP contribution is -2.20. The van der Waals surface area contributed by atoms with Gasteiger partial charge in [0.25, 0.3) is 0 Å². The molecule has 1 aromatic carbocycles. The molecule has 1 heterocycles. The average molecular weight is 262 g/mol. The molecule has 1 aromatic heterocycles. The number of aryl methyl sites for hydroxylation is 1. The molecular weight excluding hydrogens is 244 g/mol.